The third-order valence-corrected chi connectivity index (χ3v) is 5.25. The summed E-state index contributed by atoms with van der Waals surface area (Å²) in [5.41, 5.74) is 0.508. The van der Waals surface area contributed by atoms with Gasteiger partial charge in [0, 0.05) is 13.2 Å². The standard InChI is InChI=1S/C17H21FN4O3S/c1-11(15(23)19-9-12-4-6-13(18)7-5-12)26-17-21-20-16(24)22(17)10-14-3-2-8-25-14/h4-7,11,14H,2-3,8-10H2,1H3,(H,19,23)(H,20,24)/t11-,14+/m1/s1. The van der Waals surface area contributed by atoms with Crippen LogP contribution in [0.4, 0.5) is 4.39 Å². The van der Waals surface area contributed by atoms with Gasteiger partial charge in [-0.05, 0) is 37.5 Å². The van der Waals surface area contributed by atoms with Gasteiger partial charge in [-0.25, -0.2) is 14.3 Å². The molecule has 7 nitrogen and oxygen atoms in total. The van der Waals surface area contributed by atoms with Gasteiger partial charge in [0.1, 0.15) is 5.82 Å². The second-order valence-corrected chi connectivity index (χ2v) is 7.47. The van der Waals surface area contributed by atoms with Crippen LogP contribution in [0.5, 0.6) is 0 Å². The molecule has 3 rings (SSSR count). The summed E-state index contributed by atoms with van der Waals surface area (Å²) in [5, 5.41) is 9.29. The van der Waals surface area contributed by atoms with Crippen molar-refractivity contribution in [1.82, 2.24) is 20.1 Å². The van der Waals surface area contributed by atoms with Gasteiger partial charge in [0.05, 0.1) is 17.9 Å². The van der Waals surface area contributed by atoms with Gasteiger partial charge in [-0.2, -0.15) is 0 Å². The molecule has 2 N–H and O–H groups in total. The molecule has 26 heavy (non-hydrogen) atoms. The molecule has 1 amide bonds. The zero-order valence-corrected chi connectivity index (χ0v) is 15.2. The van der Waals surface area contributed by atoms with Crippen molar-refractivity contribution in [1.29, 1.82) is 0 Å². The Bertz CT molecular complexity index is 799. The molecule has 1 aromatic carbocycles. The maximum absolute atomic E-state index is 12.9. The number of H-pyrrole nitrogens is 1. The zero-order chi connectivity index (χ0) is 18.5. The number of nitrogens with zero attached hydrogens (tertiary/aromatic N) is 2. The number of benzene rings is 1. The molecule has 2 heterocycles. The molecule has 2 atom stereocenters. The third kappa shape index (κ3) is 4.73. The smallest absolute Gasteiger partial charge is 0.344 e. The number of aromatic nitrogens is 3. The highest BCUT2D eigenvalue weighted by Gasteiger charge is 2.22. The number of rotatable bonds is 7. The highest BCUT2D eigenvalue weighted by atomic mass is 32.2. The minimum Gasteiger partial charge on any atom is -0.376 e. The number of ether oxygens (including phenoxy) is 1. The number of aromatic amines is 1. The van der Waals surface area contributed by atoms with E-state index in [-0.39, 0.29) is 23.5 Å². The predicted octanol–water partition coefficient (Wildman–Crippen LogP) is 1.69. The topological polar surface area (TPSA) is 89.0 Å². The van der Waals surface area contributed by atoms with Crippen LogP contribution < -0.4 is 11.0 Å². The van der Waals surface area contributed by atoms with Crippen LogP contribution >= 0.6 is 11.8 Å². The summed E-state index contributed by atoms with van der Waals surface area (Å²) in [4.78, 5) is 24.3. The van der Waals surface area contributed by atoms with Gasteiger partial charge in [-0.15, -0.1) is 5.10 Å². The van der Waals surface area contributed by atoms with E-state index in [0.29, 0.717) is 24.9 Å². The first-order valence-electron chi connectivity index (χ1n) is 8.48. The van der Waals surface area contributed by atoms with Gasteiger partial charge >= 0.3 is 5.69 Å². The maximum Gasteiger partial charge on any atom is 0.344 e. The van der Waals surface area contributed by atoms with Crippen LogP contribution in [0, 0.1) is 5.82 Å². The van der Waals surface area contributed by atoms with E-state index in [0.717, 1.165) is 18.4 Å². The van der Waals surface area contributed by atoms with Crippen LogP contribution in [-0.4, -0.2) is 38.6 Å². The quantitative estimate of drug-likeness (QED) is 0.714. The third-order valence-electron chi connectivity index (χ3n) is 4.16. The lowest BCUT2D eigenvalue weighted by Gasteiger charge is -2.14. The Morgan fingerprint density at radius 2 is 2.27 bits per heavy atom. The zero-order valence-electron chi connectivity index (χ0n) is 14.4. The number of carbonyl (C=O) groups is 1. The highest BCUT2D eigenvalue weighted by molar-refractivity contribution is 8.00. The average Bonchev–Trinajstić information content (AvgIpc) is 3.26. The first-order chi connectivity index (χ1) is 12.5. The Labute approximate surface area is 154 Å². The summed E-state index contributed by atoms with van der Waals surface area (Å²) < 4.78 is 20.0. The Kier molecular flexibility index (Phi) is 6.10. The van der Waals surface area contributed by atoms with E-state index in [9.17, 15) is 14.0 Å². The summed E-state index contributed by atoms with van der Waals surface area (Å²) >= 11 is 1.21. The summed E-state index contributed by atoms with van der Waals surface area (Å²) in [6, 6.07) is 5.96. The number of halogens is 1. The second kappa shape index (κ2) is 8.50. The van der Waals surface area contributed by atoms with E-state index >= 15 is 0 Å². The molecule has 9 heteroatoms. The Morgan fingerprint density at radius 3 is 2.96 bits per heavy atom. The van der Waals surface area contributed by atoms with Crippen molar-refractivity contribution in [3.05, 3.63) is 46.1 Å². The van der Waals surface area contributed by atoms with Crippen molar-refractivity contribution in [2.24, 2.45) is 0 Å². The molecule has 1 saturated heterocycles. The molecule has 2 aromatic rings. The molecule has 0 saturated carbocycles. The number of hydrogen-bond donors (Lipinski definition) is 2. The Balaban J connectivity index is 1.56. The minimum absolute atomic E-state index is 0.00672. The summed E-state index contributed by atoms with van der Waals surface area (Å²) in [7, 11) is 0. The van der Waals surface area contributed by atoms with E-state index in [4.69, 9.17) is 4.74 Å². The first-order valence-corrected chi connectivity index (χ1v) is 9.36. The number of thioether (sulfide) groups is 1. The molecular weight excluding hydrogens is 359 g/mol. The lowest BCUT2D eigenvalue weighted by molar-refractivity contribution is -0.120. The van der Waals surface area contributed by atoms with E-state index in [1.54, 1.807) is 19.1 Å². The number of carbonyl (C=O) groups excluding carboxylic acids is 1. The van der Waals surface area contributed by atoms with E-state index < -0.39 is 5.25 Å². The fourth-order valence-corrected chi connectivity index (χ4v) is 3.58. The van der Waals surface area contributed by atoms with Crippen LogP contribution in [0.25, 0.3) is 0 Å². The minimum atomic E-state index is -0.436. The summed E-state index contributed by atoms with van der Waals surface area (Å²) in [5.74, 6) is -0.495. The van der Waals surface area contributed by atoms with Gasteiger partial charge in [-0.3, -0.25) is 9.36 Å². The van der Waals surface area contributed by atoms with Crippen molar-refractivity contribution >= 4 is 17.7 Å². The van der Waals surface area contributed by atoms with Crippen molar-refractivity contribution in [3.8, 4) is 0 Å². The maximum atomic E-state index is 12.9. The molecule has 1 aromatic heterocycles. The lowest BCUT2D eigenvalue weighted by atomic mass is 10.2. The van der Waals surface area contributed by atoms with Gasteiger partial charge in [-0.1, -0.05) is 23.9 Å². The van der Waals surface area contributed by atoms with E-state index in [1.165, 1.54) is 28.5 Å². The normalized spacial score (nSPS) is 18.0. The van der Waals surface area contributed by atoms with Crippen LogP contribution in [0.2, 0.25) is 0 Å². The van der Waals surface area contributed by atoms with Gasteiger partial charge in [0.15, 0.2) is 5.16 Å². The molecule has 0 aliphatic carbocycles. The van der Waals surface area contributed by atoms with Gasteiger partial charge in [0.2, 0.25) is 5.91 Å². The Hall–Kier alpha value is -2.13. The molecule has 0 radical (unpaired) electrons. The molecule has 1 aliphatic heterocycles. The van der Waals surface area contributed by atoms with E-state index in [1.807, 2.05) is 0 Å². The number of amides is 1. The average molecular weight is 380 g/mol. The van der Waals surface area contributed by atoms with Crippen molar-refractivity contribution in [3.63, 3.8) is 0 Å². The SMILES string of the molecule is C[C@@H](Sc1n[nH]c(=O)n1C[C@@H]1CCCO1)C(=O)NCc1ccc(F)cc1. The monoisotopic (exact) mass is 380 g/mol. The van der Waals surface area contributed by atoms with Crippen LogP contribution in [0.15, 0.2) is 34.2 Å². The fraction of sp³-hybridized carbons (Fsp3) is 0.471. The number of nitrogens with one attached hydrogen (secondary N) is 2. The molecule has 140 valence electrons. The van der Waals surface area contributed by atoms with Gasteiger partial charge < -0.3 is 10.1 Å². The van der Waals surface area contributed by atoms with E-state index in [2.05, 4.69) is 15.5 Å². The van der Waals surface area contributed by atoms with Crippen molar-refractivity contribution in [2.75, 3.05) is 6.61 Å². The first kappa shape index (κ1) is 18.7. The second-order valence-electron chi connectivity index (χ2n) is 6.16. The van der Waals surface area contributed by atoms with Crippen molar-refractivity contribution in [2.45, 2.75) is 49.4 Å². The van der Waals surface area contributed by atoms with Crippen LogP contribution in [-0.2, 0) is 22.6 Å². The molecule has 0 bridgehead atoms. The summed E-state index contributed by atoms with van der Waals surface area (Å²) in [6.45, 7) is 3.21. The summed E-state index contributed by atoms with van der Waals surface area (Å²) in [6.07, 6.45) is 1.91. The molecular formula is C17H21FN4O3S. The largest absolute Gasteiger partial charge is 0.376 e. The molecule has 1 aliphatic rings. The lowest BCUT2D eigenvalue weighted by Crippen LogP contribution is -2.31. The Morgan fingerprint density at radius 1 is 1.50 bits per heavy atom. The van der Waals surface area contributed by atoms with Crippen LogP contribution in [0.3, 0.4) is 0 Å². The predicted molar refractivity (Wildman–Crippen MR) is 95.4 cm³/mol. The number of hydrogen-bond acceptors (Lipinski definition) is 5. The van der Waals surface area contributed by atoms with Crippen LogP contribution in [0.1, 0.15) is 25.3 Å². The molecule has 1 fully saturated rings. The molecule has 0 unspecified atom stereocenters. The molecule has 0 spiro atoms. The van der Waals surface area contributed by atoms with Gasteiger partial charge in [0.25, 0.3) is 0 Å². The van der Waals surface area contributed by atoms with Crippen molar-refractivity contribution < 1.29 is 13.9 Å². The highest BCUT2D eigenvalue weighted by Crippen LogP contribution is 2.22. The fourth-order valence-electron chi connectivity index (χ4n) is 2.69.